The van der Waals surface area contributed by atoms with E-state index in [-0.39, 0.29) is 0 Å². The van der Waals surface area contributed by atoms with Gasteiger partial charge in [0.05, 0.1) is 6.20 Å². The van der Waals surface area contributed by atoms with E-state index in [0.717, 1.165) is 12.0 Å². The van der Waals surface area contributed by atoms with Crippen LogP contribution in [0.25, 0.3) is 0 Å². The number of aryl methyl sites for hydroxylation is 1. The second-order valence-electron chi connectivity index (χ2n) is 4.29. The van der Waals surface area contributed by atoms with E-state index in [2.05, 4.69) is 10.4 Å². The summed E-state index contributed by atoms with van der Waals surface area (Å²) in [4.78, 5) is 0. The second-order valence-corrected chi connectivity index (χ2v) is 4.29. The molecule has 1 aromatic rings. The Hall–Kier alpha value is -0.990. The summed E-state index contributed by atoms with van der Waals surface area (Å²) in [6.45, 7) is 0. The van der Waals surface area contributed by atoms with Gasteiger partial charge in [0, 0.05) is 18.7 Å². The minimum Gasteiger partial charge on any atom is -0.367 e. The maximum absolute atomic E-state index is 4.28. The zero-order chi connectivity index (χ0) is 8.84. The highest BCUT2D eigenvalue weighted by Crippen LogP contribution is 2.37. The van der Waals surface area contributed by atoms with Gasteiger partial charge in [-0.25, -0.2) is 0 Å². The Bertz CT molecular complexity index is 329. The summed E-state index contributed by atoms with van der Waals surface area (Å²) in [6.07, 6.45) is 7.38. The third-order valence-corrected chi connectivity index (χ3v) is 3.48. The number of hydrogen-bond donors (Lipinski definition) is 1. The summed E-state index contributed by atoms with van der Waals surface area (Å²) in [5.41, 5.74) is 1.41. The monoisotopic (exact) mass is 177 g/mol. The molecular formula is C10H15N3. The molecule has 1 aromatic heterocycles. The number of nitrogens with zero attached hydrogens (tertiary/aromatic N) is 2. The number of hydrogen-bond acceptors (Lipinski definition) is 2. The van der Waals surface area contributed by atoms with Crippen molar-refractivity contribution in [3.05, 3.63) is 11.8 Å². The molecule has 1 saturated carbocycles. The van der Waals surface area contributed by atoms with E-state index in [0.29, 0.717) is 0 Å². The average molecular weight is 177 g/mol. The Morgan fingerprint density at radius 2 is 2.46 bits per heavy atom. The third-order valence-electron chi connectivity index (χ3n) is 3.48. The molecular weight excluding hydrogens is 162 g/mol. The number of fused-ring (bicyclic) bond motifs is 2. The first-order chi connectivity index (χ1) is 6.34. The highest BCUT2D eigenvalue weighted by Gasteiger charge is 2.33. The molecule has 13 heavy (non-hydrogen) atoms. The molecule has 0 aromatic carbocycles. The number of anilines is 1. The number of rotatable bonds is 0. The second kappa shape index (κ2) is 2.50. The standard InChI is InChI=1S/C10H15N3/c1-13-10-8(6-11-13)5-7-3-2-4-9(7)12-10/h6-7,9,12H,2-5H2,1H3/t7-,9-/m0/s1. The molecule has 0 bridgehead atoms. The first-order valence-electron chi connectivity index (χ1n) is 5.12. The van der Waals surface area contributed by atoms with Gasteiger partial charge in [-0.15, -0.1) is 0 Å². The van der Waals surface area contributed by atoms with Crippen molar-refractivity contribution in [1.82, 2.24) is 9.78 Å². The number of aromatic nitrogens is 2. The summed E-state index contributed by atoms with van der Waals surface area (Å²) in [7, 11) is 2.01. The summed E-state index contributed by atoms with van der Waals surface area (Å²) in [5.74, 6) is 2.12. The van der Waals surface area contributed by atoms with Crippen LogP contribution in [0.3, 0.4) is 0 Å². The van der Waals surface area contributed by atoms with Crippen LogP contribution in [0.2, 0.25) is 0 Å². The lowest BCUT2D eigenvalue weighted by molar-refractivity contribution is 0.483. The first kappa shape index (κ1) is 7.42. The van der Waals surface area contributed by atoms with Crippen LogP contribution in [0.4, 0.5) is 5.82 Å². The molecule has 0 unspecified atom stereocenters. The van der Waals surface area contributed by atoms with Crippen LogP contribution < -0.4 is 5.32 Å². The number of nitrogens with one attached hydrogen (secondary N) is 1. The maximum Gasteiger partial charge on any atom is 0.127 e. The van der Waals surface area contributed by atoms with Crippen molar-refractivity contribution in [2.75, 3.05) is 5.32 Å². The molecule has 2 aliphatic rings. The Balaban J connectivity index is 1.98. The quantitative estimate of drug-likeness (QED) is 0.651. The lowest BCUT2D eigenvalue weighted by Crippen LogP contribution is -2.31. The van der Waals surface area contributed by atoms with Crippen LogP contribution in [0.5, 0.6) is 0 Å². The Morgan fingerprint density at radius 3 is 3.38 bits per heavy atom. The van der Waals surface area contributed by atoms with E-state index in [4.69, 9.17) is 0 Å². The molecule has 1 fully saturated rings. The molecule has 2 heterocycles. The average Bonchev–Trinajstić information content (AvgIpc) is 2.70. The van der Waals surface area contributed by atoms with Crippen molar-refractivity contribution in [3.8, 4) is 0 Å². The Labute approximate surface area is 78.1 Å². The molecule has 3 rings (SSSR count). The topological polar surface area (TPSA) is 29.9 Å². The largest absolute Gasteiger partial charge is 0.367 e. The summed E-state index contributed by atoms with van der Waals surface area (Å²) < 4.78 is 1.96. The van der Waals surface area contributed by atoms with Gasteiger partial charge in [0.1, 0.15) is 5.82 Å². The molecule has 1 N–H and O–H groups in total. The molecule has 0 amide bonds. The van der Waals surface area contributed by atoms with Gasteiger partial charge in [-0.05, 0) is 25.2 Å². The predicted molar refractivity (Wildman–Crippen MR) is 51.7 cm³/mol. The fourth-order valence-electron chi connectivity index (χ4n) is 2.75. The molecule has 0 radical (unpaired) electrons. The van der Waals surface area contributed by atoms with Crippen LogP contribution in [0.15, 0.2) is 6.20 Å². The van der Waals surface area contributed by atoms with Gasteiger partial charge in [0.2, 0.25) is 0 Å². The van der Waals surface area contributed by atoms with Crippen LogP contribution in [0.1, 0.15) is 24.8 Å². The molecule has 0 spiro atoms. The normalized spacial score (nSPS) is 30.8. The SMILES string of the molecule is Cn1ncc2c1N[C@H]1CCC[C@H]1C2. The molecule has 70 valence electrons. The molecule has 0 saturated heterocycles. The first-order valence-corrected chi connectivity index (χ1v) is 5.12. The lowest BCUT2D eigenvalue weighted by atomic mass is 9.92. The Kier molecular flexibility index (Phi) is 1.43. The van der Waals surface area contributed by atoms with E-state index in [1.807, 2.05) is 17.9 Å². The van der Waals surface area contributed by atoms with Gasteiger partial charge in [0.25, 0.3) is 0 Å². The predicted octanol–water partition coefficient (Wildman–Crippen LogP) is 1.56. The fraction of sp³-hybridized carbons (Fsp3) is 0.700. The van der Waals surface area contributed by atoms with Crippen molar-refractivity contribution in [1.29, 1.82) is 0 Å². The van der Waals surface area contributed by atoms with E-state index >= 15 is 0 Å². The molecule has 3 heteroatoms. The highest BCUT2D eigenvalue weighted by atomic mass is 15.3. The van der Waals surface area contributed by atoms with Gasteiger partial charge in [-0.3, -0.25) is 4.68 Å². The van der Waals surface area contributed by atoms with Crippen molar-refractivity contribution < 1.29 is 0 Å². The minimum absolute atomic E-state index is 0.725. The summed E-state index contributed by atoms with van der Waals surface area (Å²) >= 11 is 0. The van der Waals surface area contributed by atoms with Gasteiger partial charge < -0.3 is 5.32 Å². The van der Waals surface area contributed by atoms with Crippen molar-refractivity contribution >= 4 is 5.82 Å². The zero-order valence-corrected chi connectivity index (χ0v) is 7.95. The third kappa shape index (κ3) is 0.992. The van der Waals surface area contributed by atoms with Crippen LogP contribution in [-0.4, -0.2) is 15.8 Å². The van der Waals surface area contributed by atoms with E-state index in [1.54, 1.807) is 0 Å². The van der Waals surface area contributed by atoms with Crippen molar-refractivity contribution in [2.24, 2.45) is 13.0 Å². The maximum atomic E-state index is 4.28. The minimum atomic E-state index is 0.725. The van der Waals surface area contributed by atoms with E-state index < -0.39 is 0 Å². The zero-order valence-electron chi connectivity index (χ0n) is 7.95. The summed E-state index contributed by atoms with van der Waals surface area (Å²) in [6, 6.07) is 0.725. The van der Waals surface area contributed by atoms with Crippen LogP contribution >= 0.6 is 0 Å². The Morgan fingerprint density at radius 1 is 1.54 bits per heavy atom. The molecule has 2 atom stereocenters. The van der Waals surface area contributed by atoms with Crippen LogP contribution in [0, 0.1) is 5.92 Å². The van der Waals surface area contributed by atoms with Gasteiger partial charge in [-0.1, -0.05) is 6.42 Å². The van der Waals surface area contributed by atoms with E-state index in [9.17, 15) is 0 Å². The van der Waals surface area contributed by atoms with Gasteiger partial charge >= 0.3 is 0 Å². The summed E-state index contributed by atoms with van der Waals surface area (Å²) in [5, 5.41) is 7.89. The smallest absolute Gasteiger partial charge is 0.127 e. The van der Waals surface area contributed by atoms with Crippen LogP contribution in [-0.2, 0) is 13.5 Å². The van der Waals surface area contributed by atoms with Crippen molar-refractivity contribution in [2.45, 2.75) is 31.7 Å². The lowest BCUT2D eigenvalue weighted by Gasteiger charge is -2.27. The van der Waals surface area contributed by atoms with Gasteiger partial charge in [0.15, 0.2) is 0 Å². The van der Waals surface area contributed by atoms with E-state index in [1.165, 1.54) is 37.1 Å². The molecule has 1 aliphatic carbocycles. The van der Waals surface area contributed by atoms with Gasteiger partial charge in [-0.2, -0.15) is 5.10 Å². The van der Waals surface area contributed by atoms with Crippen molar-refractivity contribution in [3.63, 3.8) is 0 Å². The molecule has 1 aliphatic heterocycles. The fourth-order valence-corrected chi connectivity index (χ4v) is 2.75. The molecule has 3 nitrogen and oxygen atoms in total. The highest BCUT2D eigenvalue weighted by molar-refractivity contribution is 5.48.